The Morgan fingerprint density at radius 3 is 2.43 bits per heavy atom. The third-order valence-electron chi connectivity index (χ3n) is 2.83. The molecular formula is C15H26N2O4. The molecular weight excluding hydrogens is 272 g/mol. The van der Waals surface area contributed by atoms with Gasteiger partial charge in [0.15, 0.2) is 0 Å². The highest BCUT2D eigenvalue weighted by Crippen LogP contribution is 2.03. The average molecular weight is 298 g/mol. The van der Waals surface area contributed by atoms with Gasteiger partial charge in [-0.15, -0.1) is 0 Å². The molecule has 0 aromatic heterocycles. The van der Waals surface area contributed by atoms with Crippen LogP contribution in [-0.4, -0.2) is 60.0 Å². The van der Waals surface area contributed by atoms with Crippen molar-refractivity contribution < 1.29 is 19.7 Å². The van der Waals surface area contributed by atoms with Gasteiger partial charge in [-0.05, 0) is 32.4 Å². The molecule has 1 atom stereocenters. The fourth-order valence-electron chi connectivity index (χ4n) is 1.84. The van der Waals surface area contributed by atoms with E-state index in [1.165, 1.54) is 0 Å². The molecule has 0 saturated carbocycles. The number of hydrogen-bond donors (Lipinski definition) is 2. The van der Waals surface area contributed by atoms with Gasteiger partial charge in [-0.25, -0.2) is 4.79 Å². The Morgan fingerprint density at radius 2 is 1.95 bits per heavy atom. The van der Waals surface area contributed by atoms with Crippen molar-refractivity contribution in [3.63, 3.8) is 0 Å². The summed E-state index contributed by atoms with van der Waals surface area (Å²) in [5, 5.41) is 26.7. The van der Waals surface area contributed by atoms with Crippen LogP contribution in [0.1, 0.15) is 33.1 Å². The summed E-state index contributed by atoms with van der Waals surface area (Å²) < 4.78 is 4.75. The maximum Gasteiger partial charge on any atom is 0.348 e. The second-order valence-corrected chi connectivity index (χ2v) is 4.79. The molecule has 0 spiro atoms. The lowest BCUT2D eigenvalue weighted by Crippen LogP contribution is -2.26. The van der Waals surface area contributed by atoms with Gasteiger partial charge >= 0.3 is 5.97 Å². The fourth-order valence-corrected chi connectivity index (χ4v) is 1.84. The molecule has 0 aliphatic heterocycles. The summed E-state index contributed by atoms with van der Waals surface area (Å²) in [6.45, 7) is 6.22. The minimum atomic E-state index is -1.11. The molecule has 1 unspecified atom stereocenters. The van der Waals surface area contributed by atoms with Gasteiger partial charge in [0.2, 0.25) is 0 Å². The van der Waals surface area contributed by atoms with Crippen molar-refractivity contribution in [1.82, 2.24) is 4.90 Å². The number of aliphatic hydroxyl groups is 2. The summed E-state index contributed by atoms with van der Waals surface area (Å²) in [7, 11) is 0. The molecule has 0 rings (SSSR count). The highest BCUT2D eigenvalue weighted by molar-refractivity contribution is 5.92. The summed E-state index contributed by atoms with van der Waals surface area (Å²) >= 11 is 0. The van der Waals surface area contributed by atoms with E-state index in [9.17, 15) is 4.79 Å². The predicted octanol–water partition coefficient (Wildman–Crippen LogP) is 0.845. The molecule has 6 nitrogen and oxygen atoms in total. The highest BCUT2D eigenvalue weighted by Gasteiger charge is 2.13. The van der Waals surface area contributed by atoms with Crippen LogP contribution < -0.4 is 0 Å². The van der Waals surface area contributed by atoms with Gasteiger partial charge < -0.3 is 19.8 Å². The van der Waals surface area contributed by atoms with Crippen LogP contribution in [0.15, 0.2) is 11.6 Å². The molecule has 0 radical (unpaired) electrons. The van der Waals surface area contributed by atoms with E-state index >= 15 is 0 Å². The van der Waals surface area contributed by atoms with Gasteiger partial charge in [0, 0.05) is 6.54 Å². The Hall–Kier alpha value is -1.42. The number of aliphatic hydroxyl groups excluding tert-OH is 2. The van der Waals surface area contributed by atoms with Crippen molar-refractivity contribution in [2.24, 2.45) is 0 Å². The molecule has 0 heterocycles. The first kappa shape index (κ1) is 19.6. The van der Waals surface area contributed by atoms with Crippen LogP contribution in [0.2, 0.25) is 0 Å². The van der Waals surface area contributed by atoms with Crippen LogP contribution in [0, 0.1) is 11.3 Å². The van der Waals surface area contributed by atoms with Crippen molar-refractivity contribution in [2.75, 3.05) is 32.8 Å². The number of carbonyl (C=O) groups is 1. The van der Waals surface area contributed by atoms with E-state index in [4.69, 9.17) is 20.2 Å². The van der Waals surface area contributed by atoms with Gasteiger partial charge in [0.1, 0.15) is 24.4 Å². The summed E-state index contributed by atoms with van der Waals surface area (Å²) in [5.41, 5.74) is -0.0620. The minimum absolute atomic E-state index is 0.0620. The molecule has 0 bridgehead atoms. The van der Waals surface area contributed by atoms with E-state index < -0.39 is 18.7 Å². The van der Waals surface area contributed by atoms with E-state index in [2.05, 4.69) is 18.7 Å². The molecule has 0 aliphatic rings. The number of rotatable bonds is 11. The zero-order valence-corrected chi connectivity index (χ0v) is 12.9. The van der Waals surface area contributed by atoms with Gasteiger partial charge in [-0.2, -0.15) is 5.26 Å². The quantitative estimate of drug-likeness (QED) is 0.333. The molecule has 2 N–H and O–H groups in total. The Kier molecular flexibility index (Phi) is 11.5. The van der Waals surface area contributed by atoms with Crippen molar-refractivity contribution in [3.05, 3.63) is 11.6 Å². The molecule has 21 heavy (non-hydrogen) atoms. The molecule has 6 heteroatoms. The molecule has 0 saturated heterocycles. The van der Waals surface area contributed by atoms with Crippen molar-refractivity contribution in [2.45, 2.75) is 39.2 Å². The molecule has 0 aliphatic carbocycles. The number of nitriles is 1. The van der Waals surface area contributed by atoms with Gasteiger partial charge in [-0.1, -0.05) is 19.9 Å². The van der Waals surface area contributed by atoms with Crippen LogP contribution in [0.4, 0.5) is 0 Å². The first-order chi connectivity index (χ1) is 10.1. The van der Waals surface area contributed by atoms with Crippen LogP contribution in [0.25, 0.3) is 0 Å². The summed E-state index contributed by atoms with van der Waals surface area (Å²) in [6, 6.07) is 1.81. The standard InChI is InChI=1S/C15H26N2O4/c1-3-7-17(8-4-2)9-5-6-13(10-16)15(20)21-12-14(19)11-18/h6,14,18-19H,3-5,7-9,11-12H2,1-2H3/b13-6+. The van der Waals surface area contributed by atoms with Crippen molar-refractivity contribution in [1.29, 1.82) is 5.26 Å². The third kappa shape index (κ3) is 9.19. The topological polar surface area (TPSA) is 93.8 Å². The Morgan fingerprint density at radius 1 is 1.33 bits per heavy atom. The van der Waals surface area contributed by atoms with E-state index in [1.807, 2.05) is 0 Å². The van der Waals surface area contributed by atoms with E-state index in [-0.39, 0.29) is 12.2 Å². The second kappa shape index (κ2) is 12.3. The third-order valence-corrected chi connectivity index (χ3v) is 2.83. The number of hydrogen-bond acceptors (Lipinski definition) is 6. The zero-order chi connectivity index (χ0) is 16.1. The fraction of sp³-hybridized carbons (Fsp3) is 0.733. The van der Waals surface area contributed by atoms with Crippen molar-refractivity contribution in [3.8, 4) is 6.07 Å². The maximum atomic E-state index is 11.6. The summed E-state index contributed by atoms with van der Waals surface area (Å²) in [5.74, 6) is -0.762. The Bertz CT molecular complexity index is 357. The second-order valence-electron chi connectivity index (χ2n) is 4.79. The lowest BCUT2D eigenvalue weighted by Gasteiger charge is -2.19. The maximum absolute atomic E-state index is 11.6. The minimum Gasteiger partial charge on any atom is -0.459 e. The molecule has 0 fully saturated rings. The Labute approximate surface area is 126 Å². The highest BCUT2D eigenvalue weighted by atomic mass is 16.5. The number of esters is 1. The number of nitrogens with zero attached hydrogens (tertiary/aromatic N) is 2. The van der Waals surface area contributed by atoms with Crippen LogP contribution in [0.3, 0.4) is 0 Å². The van der Waals surface area contributed by atoms with E-state index in [0.717, 1.165) is 32.5 Å². The van der Waals surface area contributed by atoms with Gasteiger partial charge in [0.05, 0.1) is 6.61 Å². The van der Waals surface area contributed by atoms with Crippen LogP contribution in [-0.2, 0) is 9.53 Å². The largest absolute Gasteiger partial charge is 0.459 e. The SMILES string of the molecule is CCCN(CCC)CC/C=C(\C#N)C(=O)OCC(O)CO. The Balaban J connectivity index is 4.32. The van der Waals surface area contributed by atoms with E-state index in [1.54, 1.807) is 12.1 Å². The molecule has 0 aromatic carbocycles. The van der Waals surface area contributed by atoms with Gasteiger partial charge in [0.25, 0.3) is 0 Å². The first-order valence-electron chi connectivity index (χ1n) is 7.37. The van der Waals surface area contributed by atoms with Crippen LogP contribution in [0.5, 0.6) is 0 Å². The smallest absolute Gasteiger partial charge is 0.348 e. The normalized spacial score (nSPS) is 13.0. The molecule has 0 amide bonds. The molecule has 120 valence electrons. The van der Waals surface area contributed by atoms with Crippen molar-refractivity contribution >= 4 is 5.97 Å². The summed E-state index contributed by atoms with van der Waals surface area (Å²) in [4.78, 5) is 13.9. The first-order valence-corrected chi connectivity index (χ1v) is 7.37. The predicted molar refractivity (Wildman–Crippen MR) is 79.4 cm³/mol. The monoisotopic (exact) mass is 298 g/mol. The average Bonchev–Trinajstić information content (AvgIpc) is 2.49. The lowest BCUT2D eigenvalue weighted by atomic mass is 10.2. The van der Waals surface area contributed by atoms with Crippen LogP contribution >= 0.6 is 0 Å². The number of carbonyl (C=O) groups excluding carboxylic acids is 1. The molecule has 0 aromatic rings. The van der Waals surface area contributed by atoms with Gasteiger partial charge in [-0.3, -0.25) is 0 Å². The lowest BCUT2D eigenvalue weighted by molar-refractivity contribution is -0.142. The zero-order valence-electron chi connectivity index (χ0n) is 12.9. The summed E-state index contributed by atoms with van der Waals surface area (Å²) in [6.07, 6.45) is 3.18. The van der Waals surface area contributed by atoms with E-state index in [0.29, 0.717) is 6.42 Å². The number of ether oxygens (including phenoxy) is 1.